The highest BCUT2D eigenvalue weighted by Crippen LogP contribution is 2.28. The number of fused-ring (bicyclic) bond motifs is 1. The lowest BCUT2D eigenvalue weighted by Gasteiger charge is -2.00. The molecule has 0 aliphatic carbocycles. The first-order chi connectivity index (χ1) is 12.6. The number of oxazole rings is 1. The van der Waals surface area contributed by atoms with Crippen molar-refractivity contribution in [2.45, 2.75) is 0 Å². The molecule has 0 spiro atoms. The largest absolute Gasteiger partial charge is 0.506 e. The third-order valence-corrected chi connectivity index (χ3v) is 5.36. The summed E-state index contributed by atoms with van der Waals surface area (Å²) in [6.07, 6.45) is 1.65. The number of halogens is 2. The van der Waals surface area contributed by atoms with Gasteiger partial charge in [-0.25, -0.2) is 4.98 Å². The van der Waals surface area contributed by atoms with Crippen LogP contribution in [0.1, 0.15) is 5.56 Å². The summed E-state index contributed by atoms with van der Waals surface area (Å²) in [5, 5.41) is 10.1. The summed E-state index contributed by atoms with van der Waals surface area (Å²) in [4.78, 5) is 8.99. The zero-order valence-corrected chi connectivity index (χ0v) is 17.7. The number of phenols is 1. The van der Waals surface area contributed by atoms with E-state index in [0.717, 1.165) is 23.9 Å². The quantitative estimate of drug-likeness (QED) is 0.239. The van der Waals surface area contributed by atoms with Crippen LogP contribution in [0.4, 0.5) is 5.69 Å². The Morgan fingerprint density at radius 2 is 1.85 bits per heavy atom. The molecule has 128 valence electrons. The van der Waals surface area contributed by atoms with Crippen molar-refractivity contribution in [3.63, 3.8) is 0 Å². The van der Waals surface area contributed by atoms with Crippen LogP contribution >= 0.6 is 45.2 Å². The number of benzene rings is 3. The van der Waals surface area contributed by atoms with Crippen LogP contribution in [0.25, 0.3) is 22.6 Å². The molecule has 1 heterocycles. The second kappa shape index (κ2) is 7.36. The number of aromatic hydroxyl groups is 1. The van der Waals surface area contributed by atoms with Crippen LogP contribution in [0, 0.1) is 7.14 Å². The maximum Gasteiger partial charge on any atom is 0.227 e. The number of para-hydroxylation sites is 1. The molecule has 26 heavy (non-hydrogen) atoms. The molecule has 0 unspecified atom stereocenters. The van der Waals surface area contributed by atoms with Crippen molar-refractivity contribution in [3.05, 3.63) is 73.4 Å². The summed E-state index contributed by atoms with van der Waals surface area (Å²) in [6.45, 7) is 0. The van der Waals surface area contributed by atoms with Gasteiger partial charge in [0.2, 0.25) is 5.89 Å². The number of hydrogen-bond acceptors (Lipinski definition) is 4. The summed E-state index contributed by atoms with van der Waals surface area (Å²) < 4.78 is 7.83. The van der Waals surface area contributed by atoms with Gasteiger partial charge in [0, 0.05) is 27.0 Å². The van der Waals surface area contributed by atoms with Crippen LogP contribution in [-0.4, -0.2) is 16.3 Å². The number of aromatic nitrogens is 1. The van der Waals surface area contributed by atoms with Gasteiger partial charge in [-0.05, 0) is 87.6 Å². The first kappa shape index (κ1) is 17.5. The fourth-order valence-corrected chi connectivity index (χ4v) is 3.58. The van der Waals surface area contributed by atoms with Crippen molar-refractivity contribution in [1.29, 1.82) is 0 Å². The molecule has 1 aromatic heterocycles. The fourth-order valence-electron chi connectivity index (χ4n) is 2.52. The first-order valence-electron chi connectivity index (χ1n) is 7.78. The van der Waals surface area contributed by atoms with E-state index in [1.807, 2.05) is 60.7 Å². The Morgan fingerprint density at radius 3 is 2.69 bits per heavy atom. The molecule has 0 atom stereocenters. The molecule has 3 aromatic carbocycles. The number of hydrogen-bond donors (Lipinski definition) is 1. The second-order valence-corrected chi connectivity index (χ2v) is 8.03. The van der Waals surface area contributed by atoms with E-state index in [2.05, 4.69) is 55.2 Å². The van der Waals surface area contributed by atoms with E-state index in [4.69, 9.17) is 4.42 Å². The molecule has 0 radical (unpaired) electrons. The minimum absolute atomic E-state index is 0.235. The molecular formula is C20H12I2N2O2. The van der Waals surface area contributed by atoms with Gasteiger partial charge in [0.25, 0.3) is 0 Å². The van der Waals surface area contributed by atoms with Crippen molar-refractivity contribution >= 4 is 68.2 Å². The summed E-state index contributed by atoms with van der Waals surface area (Å²) >= 11 is 4.36. The third kappa shape index (κ3) is 3.61. The van der Waals surface area contributed by atoms with Crippen LogP contribution in [0.2, 0.25) is 0 Å². The lowest BCUT2D eigenvalue weighted by molar-refractivity contribution is 0.470. The number of nitrogens with zero attached hydrogens (tertiary/aromatic N) is 2. The third-order valence-electron chi connectivity index (χ3n) is 3.81. The van der Waals surface area contributed by atoms with Gasteiger partial charge in [0.1, 0.15) is 11.3 Å². The van der Waals surface area contributed by atoms with Crippen molar-refractivity contribution in [2.24, 2.45) is 4.99 Å². The fraction of sp³-hybridized carbons (Fsp3) is 0. The van der Waals surface area contributed by atoms with Gasteiger partial charge in [0.05, 0.1) is 9.26 Å². The van der Waals surface area contributed by atoms with Crippen LogP contribution < -0.4 is 0 Å². The topological polar surface area (TPSA) is 58.6 Å². The second-order valence-electron chi connectivity index (χ2n) is 5.62. The Labute approximate surface area is 177 Å². The highest BCUT2D eigenvalue weighted by atomic mass is 127. The molecule has 0 aliphatic rings. The Morgan fingerprint density at radius 1 is 1.00 bits per heavy atom. The average molecular weight is 566 g/mol. The van der Waals surface area contributed by atoms with E-state index < -0.39 is 0 Å². The Hall–Kier alpha value is -1.94. The lowest BCUT2D eigenvalue weighted by atomic mass is 10.2. The molecular weight excluding hydrogens is 554 g/mol. The molecule has 1 N–H and O–H groups in total. The molecule has 0 aliphatic heterocycles. The molecule has 6 heteroatoms. The van der Waals surface area contributed by atoms with Gasteiger partial charge in [0.15, 0.2) is 5.58 Å². The predicted molar refractivity (Wildman–Crippen MR) is 120 cm³/mol. The maximum absolute atomic E-state index is 10.1. The summed E-state index contributed by atoms with van der Waals surface area (Å²) in [5.74, 6) is 0.827. The minimum atomic E-state index is 0.235. The Balaban J connectivity index is 1.67. The molecule has 4 rings (SSSR count). The lowest BCUT2D eigenvalue weighted by Crippen LogP contribution is -1.84. The van der Waals surface area contributed by atoms with E-state index in [1.54, 1.807) is 6.21 Å². The van der Waals surface area contributed by atoms with Crippen LogP contribution in [0.5, 0.6) is 5.75 Å². The minimum Gasteiger partial charge on any atom is -0.506 e. The van der Waals surface area contributed by atoms with E-state index in [9.17, 15) is 5.11 Å². The highest BCUT2D eigenvalue weighted by Gasteiger charge is 2.09. The molecule has 0 fully saturated rings. The van der Waals surface area contributed by atoms with Gasteiger partial charge in [-0.3, -0.25) is 4.99 Å². The zero-order valence-electron chi connectivity index (χ0n) is 13.4. The van der Waals surface area contributed by atoms with E-state index in [0.29, 0.717) is 17.0 Å². The van der Waals surface area contributed by atoms with Crippen molar-refractivity contribution in [1.82, 2.24) is 4.98 Å². The van der Waals surface area contributed by atoms with Crippen LogP contribution in [0.3, 0.4) is 0 Å². The number of phenolic OH excluding ortho intramolecular Hbond substituents is 1. The molecule has 0 amide bonds. The van der Waals surface area contributed by atoms with Crippen molar-refractivity contribution < 1.29 is 9.52 Å². The van der Waals surface area contributed by atoms with E-state index in [-0.39, 0.29) is 5.75 Å². The van der Waals surface area contributed by atoms with Crippen molar-refractivity contribution in [3.8, 4) is 17.2 Å². The van der Waals surface area contributed by atoms with Gasteiger partial charge in [-0.1, -0.05) is 12.1 Å². The maximum atomic E-state index is 10.1. The summed E-state index contributed by atoms with van der Waals surface area (Å²) in [7, 11) is 0. The first-order valence-corrected chi connectivity index (χ1v) is 9.94. The smallest absolute Gasteiger partial charge is 0.227 e. The van der Waals surface area contributed by atoms with Gasteiger partial charge < -0.3 is 9.52 Å². The summed E-state index contributed by atoms with van der Waals surface area (Å²) in [5.41, 5.74) is 3.83. The SMILES string of the molecule is Oc1c(I)cccc1C=Nc1ccc2nc(-c3cccc(I)c3)oc2c1. The van der Waals surface area contributed by atoms with Crippen molar-refractivity contribution in [2.75, 3.05) is 0 Å². The van der Waals surface area contributed by atoms with E-state index in [1.165, 1.54) is 0 Å². The molecule has 0 saturated carbocycles. The van der Waals surface area contributed by atoms with E-state index >= 15 is 0 Å². The molecule has 0 saturated heterocycles. The molecule has 0 bridgehead atoms. The zero-order chi connectivity index (χ0) is 18.1. The summed E-state index contributed by atoms with van der Waals surface area (Å²) in [6, 6.07) is 19.2. The van der Waals surface area contributed by atoms with Gasteiger partial charge in [-0.2, -0.15) is 0 Å². The molecule has 4 aromatic rings. The number of rotatable bonds is 3. The standard InChI is InChI=1S/C20H12I2N2O2/c21-14-5-1-3-12(9-14)20-24-17-8-7-15(10-18(17)26-20)23-11-13-4-2-6-16(22)19(13)25/h1-11,25H. The molecule has 4 nitrogen and oxygen atoms in total. The van der Waals surface area contributed by atoms with Crippen LogP contribution in [-0.2, 0) is 0 Å². The van der Waals surface area contributed by atoms with Crippen LogP contribution in [0.15, 0.2) is 70.1 Å². The van der Waals surface area contributed by atoms with Gasteiger partial charge in [-0.15, -0.1) is 0 Å². The Bertz CT molecular complexity index is 1140. The number of aliphatic imine (C=N–C) groups is 1. The van der Waals surface area contributed by atoms with Gasteiger partial charge >= 0.3 is 0 Å². The predicted octanol–water partition coefficient (Wildman–Crippen LogP) is 6.16. The normalized spacial score (nSPS) is 11.5. The monoisotopic (exact) mass is 566 g/mol. The Kier molecular flexibility index (Phi) is 4.94. The highest BCUT2D eigenvalue weighted by molar-refractivity contribution is 14.1. The average Bonchev–Trinajstić information content (AvgIpc) is 3.06.